The van der Waals surface area contributed by atoms with E-state index in [-0.39, 0.29) is 24.5 Å². The average Bonchev–Trinajstić information content (AvgIpc) is 3.26. The summed E-state index contributed by atoms with van der Waals surface area (Å²) in [6.07, 6.45) is 2.35. The standard InChI is InChI=1S/C17H20N4O3S/c22-15(18-10-14-7-4-8-24-14)9-13-11-25-17(20-13)21-16(23)19-12-5-2-1-3-6-12/h1-3,5-6,11,14H,4,7-10H2,(H,18,22)(H2,19,20,21,23)/t14-/m1/s1. The number of ether oxygens (including phenoxy) is 1. The van der Waals surface area contributed by atoms with E-state index in [0.717, 1.165) is 19.4 Å². The van der Waals surface area contributed by atoms with Crippen LogP contribution in [0.3, 0.4) is 0 Å². The number of nitrogens with one attached hydrogen (secondary N) is 3. The lowest BCUT2D eigenvalue weighted by Gasteiger charge is -2.10. The molecule has 3 amide bonds. The SMILES string of the molecule is O=C(Cc1csc(NC(=O)Nc2ccccc2)n1)NC[C@H]1CCCO1. The van der Waals surface area contributed by atoms with Crippen LogP contribution in [0.2, 0.25) is 0 Å². The van der Waals surface area contributed by atoms with Gasteiger partial charge in [-0.2, -0.15) is 0 Å². The normalized spacial score (nSPS) is 16.4. The van der Waals surface area contributed by atoms with Crippen molar-refractivity contribution in [3.63, 3.8) is 0 Å². The molecular weight excluding hydrogens is 340 g/mol. The van der Waals surface area contributed by atoms with Crippen molar-refractivity contribution >= 4 is 34.1 Å². The molecule has 1 aliphatic rings. The highest BCUT2D eigenvalue weighted by atomic mass is 32.1. The summed E-state index contributed by atoms with van der Waals surface area (Å²) in [4.78, 5) is 28.1. The first-order chi connectivity index (χ1) is 12.2. The molecule has 2 heterocycles. The molecule has 3 rings (SSSR count). The van der Waals surface area contributed by atoms with Crippen LogP contribution in [0.15, 0.2) is 35.7 Å². The van der Waals surface area contributed by atoms with Crippen LogP contribution in [0.5, 0.6) is 0 Å². The summed E-state index contributed by atoms with van der Waals surface area (Å²) in [5.41, 5.74) is 1.33. The van der Waals surface area contributed by atoms with Crippen molar-refractivity contribution in [3.8, 4) is 0 Å². The summed E-state index contributed by atoms with van der Waals surface area (Å²) in [5.74, 6) is -0.0962. The number of benzene rings is 1. The molecule has 1 aromatic carbocycles. The molecule has 1 aromatic heterocycles. The van der Waals surface area contributed by atoms with Crippen molar-refractivity contribution in [2.24, 2.45) is 0 Å². The van der Waals surface area contributed by atoms with Crippen LogP contribution in [0.4, 0.5) is 15.6 Å². The fourth-order valence-corrected chi connectivity index (χ4v) is 3.19. The molecule has 0 spiro atoms. The molecule has 0 saturated carbocycles. The minimum absolute atomic E-state index is 0.0962. The highest BCUT2D eigenvalue weighted by Gasteiger charge is 2.16. The Bertz CT molecular complexity index is 714. The Kier molecular flexibility index (Phi) is 5.97. The lowest BCUT2D eigenvalue weighted by Crippen LogP contribution is -2.32. The first kappa shape index (κ1) is 17.4. The maximum Gasteiger partial charge on any atom is 0.325 e. The minimum atomic E-state index is -0.366. The van der Waals surface area contributed by atoms with E-state index in [0.29, 0.717) is 23.1 Å². The number of nitrogens with zero attached hydrogens (tertiary/aromatic N) is 1. The van der Waals surface area contributed by atoms with Crippen LogP contribution < -0.4 is 16.0 Å². The van der Waals surface area contributed by atoms with Crippen molar-refractivity contribution in [2.75, 3.05) is 23.8 Å². The molecule has 0 aliphatic carbocycles. The summed E-state index contributed by atoms with van der Waals surface area (Å²) >= 11 is 1.29. The Balaban J connectivity index is 1.43. The van der Waals surface area contributed by atoms with Crippen molar-refractivity contribution < 1.29 is 14.3 Å². The van der Waals surface area contributed by atoms with Crippen molar-refractivity contribution in [1.29, 1.82) is 0 Å². The molecule has 2 aromatic rings. The number of para-hydroxylation sites is 1. The molecule has 0 unspecified atom stereocenters. The molecule has 1 saturated heterocycles. The van der Waals surface area contributed by atoms with E-state index in [1.807, 2.05) is 18.2 Å². The predicted molar refractivity (Wildman–Crippen MR) is 96.9 cm³/mol. The topological polar surface area (TPSA) is 92.4 Å². The van der Waals surface area contributed by atoms with E-state index < -0.39 is 0 Å². The fraction of sp³-hybridized carbons (Fsp3) is 0.353. The van der Waals surface area contributed by atoms with E-state index in [1.165, 1.54) is 11.3 Å². The van der Waals surface area contributed by atoms with E-state index in [9.17, 15) is 9.59 Å². The number of rotatable bonds is 6. The molecule has 1 fully saturated rings. The van der Waals surface area contributed by atoms with Crippen LogP contribution >= 0.6 is 11.3 Å². The number of carbonyl (C=O) groups excluding carboxylic acids is 2. The highest BCUT2D eigenvalue weighted by Crippen LogP contribution is 2.16. The van der Waals surface area contributed by atoms with Gasteiger partial charge in [-0.1, -0.05) is 18.2 Å². The first-order valence-electron chi connectivity index (χ1n) is 8.15. The van der Waals surface area contributed by atoms with Crippen LogP contribution in [-0.2, 0) is 16.0 Å². The smallest absolute Gasteiger partial charge is 0.325 e. The number of hydrogen-bond donors (Lipinski definition) is 3. The van der Waals surface area contributed by atoms with E-state index >= 15 is 0 Å². The number of carbonyl (C=O) groups is 2. The quantitative estimate of drug-likeness (QED) is 0.738. The molecule has 0 radical (unpaired) electrons. The number of urea groups is 1. The van der Waals surface area contributed by atoms with Gasteiger partial charge in [0.25, 0.3) is 0 Å². The maximum atomic E-state index is 11.9. The van der Waals surface area contributed by atoms with Gasteiger partial charge in [0.2, 0.25) is 5.91 Å². The molecule has 8 heteroatoms. The largest absolute Gasteiger partial charge is 0.376 e. The Morgan fingerprint density at radius 1 is 1.24 bits per heavy atom. The maximum absolute atomic E-state index is 11.9. The van der Waals surface area contributed by atoms with Crippen molar-refractivity contribution in [2.45, 2.75) is 25.4 Å². The number of aromatic nitrogens is 1. The number of amides is 3. The third-order valence-electron chi connectivity index (χ3n) is 3.70. The van der Waals surface area contributed by atoms with Gasteiger partial charge in [0.1, 0.15) is 0 Å². The molecule has 3 N–H and O–H groups in total. The van der Waals surface area contributed by atoms with Gasteiger partial charge in [0.15, 0.2) is 5.13 Å². The highest BCUT2D eigenvalue weighted by molar-refractivity contribution is 7.13. The van der Waals surface area contributed by atoms with Gasteiger partial charge in [-0.15, -0.1) is 11.3 Å². The van der Waals surface area contributed by atoms with Crippen LogP contribution in [0, 0.1) is 0 Å². The van der Waals surface area contributed by atoms with Crippen LogP contribution in [-0.4, -0.2) is 36.2 Å². The molecule has 25 heavy (non-hydrogen) atoms. The predicted octanol–water partition coefficient (Wildman–Crippen LogP) is 2.62. The van der Waals surface area contributed by atoms with Gasteiger partial charge in [0.05, 0.1) is 18.2 Å². The fourth-order valence-electron chi connectivity index (χ4n) is 2.49. The van der Waals surface area contributed by atoms with E-state index in [4.69, 9.17) is 4.74 Å². The number of anilines is 2. The van der Waals surface area contributed by atoms with Crippen molar-refractivity contribution in [1.82, 2.24) is 10.3 Å². The second-order valence-electron chi connectivity index (χ2n) is 5.71. The zero-order valence-electron chi connectivity index (χ0n) is 13.7. The van der Waals surface area contributed by atoms with Crippen molar-refractivity contribution in [3.05, 3.63) is 41.4 Å². The summed E-state index contributed by atoms with van der Waals surface area (Å²) in [6.45, 7) is 1.31. The molecular formula is C17H20N4O3S. The van der Waals surface area contributed by atoms with Gasteiger partial charge in [-0.3, -0.25) is 10.1 Å². The molecule has 0 bridgehead atoms. The summed E-state index contributed by atoms with van der Waals surface area (Å²) in [5, 5.41) is 10.5. The third kappa shape index (κ3) is 5.54. The van der Waals surface area contributed by atoms with E-state index in [1.54, 1.807) is 17.5 Å². The zero-order valence-corrected chi connectivity index (χ0v) is 14.5. The number of thiazole rings is 1. The lowest BCUT2D eigenvalue weighted by molar-refractivity contribution is -0.121. The van der Waals surface area contributed by atoms with E-state index in [2.05, 4.69) is 20.9 Å². The molecule has 1 atom stereocenters. The van der Waals surface area contributed by atoms with Gasteiger partial charge in [0, 0.05) is 24.2 Å². The Morgan fingerprint density at radius 3 is 2.84 bits per heavy atom. The Hall–Kier alpha value is -2.45. The summed E-state index contributed by atoms with van der Waals surface area (Å²) < 4.78 is 5.47. The molecule has 7 nitrogen and oxygen atoms in total. The number of hydrogen-bond acceptors (Lipinski definition) is 5. The van der Waals surface area contributed by atoms with Gasteiger partial charge >= 0.3 is 6.03 Å². The Morgan fingerprint density at radius 2 is 2.08 bits per heavy atom. The van der Waals surface area contributed by atoms with Crippen LogP contribution in [0.1, 0.15) is 18.5 Å². The van der Waals surface area contributed by atoms with Gasteiger partial charge in [-0.25, -0.2) is 9.78 Å². The first-order valence-corrected chi connectivity index (χ1v) is 9.03. The average molecular weight is 360 g/mol. The van der Waals surface area contributed by atoms with Gasteiger partial charge in [-0.05, 0) is 25.0 Å². The Labute approximate surface area is 149 Å². The second kappa shape index (κ2) is 8.59. The summed E-state index contributed by atoms with van der Waals surface area (Å²) in [6, 6.07) is 8.78. The lowest BCUT2D eigenvalue weighted by atomic mass is 10.2. The monoisotopic (exact) mass is 360 g/mol. The van der Waals surface area contributed by atoms with Gasteiger partial charge < -0.3 is 15.4 Å². The molecule has 1 aliphatic heterocycles. The minimum Gasteiger partial charge on any atom is -0.376 e. The molecule has 132 valence electrons. The zero-order chi connectivity index (χ0) is 17.5. The second-order valence-corrected chi connectivity index (χ2v) is 6.56. The third-order valence-corrected chi connectivity index (χ3v) is 4.50. The summed E-state index contributed by atoms with van der Waals surface area (Å²) in [7, 11) is 0. The van der Waals surface area contributed by atoms with Crippen LogP contribution in [0.25, 0.3) is 0 Å².